The molecule has 0 unspecified atom stereocenters. The Hall–Kier alpha value is -2.87. The molecule has 8 nitrogen and oxygen atoms in total. The molecule has 0 saturated carbocycles. The number of hydrogen-bond donors (Lipinski definition) is 4. The van der Waals surface area contributed by atoms with E-state index in [4.69, 9.17) is 4.74 Å². The number of aromatic amines is 1. The highest BCUT2D eigenvalue weighted by Gasteiger charge is 2.11. The van der Waals surface area contributed by atoms with E-state index in [1.807, 2.05) is 20.8 Å². The second-order valence-corrected chi connectivity index (χ2v) is 6.00. The van der Waals surface area contributed by atoms with Crippen molar-refractivity contribution in [3.63, 3.8) is 0 Å². The quantitative estimate of drug-likeness (QED) is 0.567. The second-order valence-electron chi connectivity index (χ2n) is 6.00. The summed E-state index contributed by atoms with van der Waals surface area (Å²) < 4.78 is 4.90. The minimum Gasteiger partial charge on any atom is -0.383 e. The Labute approximate surface area is 152 Å². The van der Waals surface area contributed by atoms with E-state index in [-0.39, 0.29) is 11.9 Å². The predicted molar refractivity (Wildman–Crippen MR) is 99.3 cm³/mol. The summed E-state index contributed by atoms with van der Waals surface area (Å²) in [5.74, 6) is -0.174. The third-order valence-electron chi connectivity index (χ3n) is 4.03. The molecule has 1 aromatic carbocycles. The number of amides is 3. The summed E-state index contributed by atoms with van der Waals surface area (Å²) in [6.45, 7) is 6.93. The number of nitrogens with one attached hydrogen (secondary N) is 4. The van der Waals surface area contributed by atoms with Crippen LogP contribution in [0.15, 0.2) is 18.2 Å². The molecule has 0 radical (unpaired) electrons. The highest BCUT2D eigenvalue weighted by molar-refractivity contribution is 5.96. The number of carbonyl (C=O) groups excluding carboxylic acids is 2. The first-order valence-electron chi connectivity index (χ1n) is 8.35. The minimum absolute atomic E-state index is 0.174. The topological polar surface area (TPSA) is 108 Å². The maximum atomic E-state index is 12.1. The molecule has 8 heteroatoms. The number of ether oxygens (including phenoxy) is 1. The summed E-state index contributed by atoms with van der Waals surface area (Å²) in [7, 11) is 1.58. The van der Waals surface area contributed by atoms with Crippen molar-refractivity contribution in [2.75, 3.05) is 25.6 Å². The first-order valence-corrected chi connectivity index (χ1v) is 8.35. The summed E-state index contributed by atoms with van der Waals surface area (Å²) in [6.07, 6.45) is 0. The van der Waals surface area contributed by atoms with Crippen molar-refractivity contribution in [3.05, 3.63) is 46.3 Å². The fraction of sp³-hybridized carbons (Fsp3) is 0.389. The van der Waals surface area contributed by atoms with Crippen LogP contribution in [-0.4, -0.2) is 42.4 Å². The van der Waals surface area contributed by atoms with Crippen LogP contribution in [0.1, 0.15) is 32.9 Å². The number of nitrogens with zero attached hydrogens (tertiary/aromatic N) is 1. The smallest absolute Gasteiger partial charge is 0.319 e. The zero-order valence-electron chi connectivity index (χ0n) is 15.5. The van der Waals surface area contributed by atoms with Crippen LogP contribution in [0, 0.1) is 20.8 Å². The van der Waals surface area contributed by atoms with Crippen molar-refractivity contribution in [2.24, 2.45) is 0 Å². The van der Waals surface area contributed by atoms with Crippen LogP contribution in [0.2, 0.25) is 0 Å². The highest BCUT2D eigenvalue weighted by atomic mass is 16.5. The summed E-state index contributed by atoms with van der Waals surface area (Å²) in [6, 6.07) is 4.82. The van der Waals surface area contributed by atoms with Crippen LogP contribution in [0.4, 0.5) is 10.5 Å². The van der Waals surface area contributed by atoms with Crippen LogP contribution in [-0.2, 0) is 11.3 Å². The van der Waals surface area contributed by atoms with Gasteiger partial charge in [0.1, 0.15) is 0 Å². The Kier molecular flexibility index (Phi) is 6.74. The third kappa shape index (κ3) is 5.06. The van der Waals surface area contributed by atoms with Crippen LogP contribution in [0.5, 0.6) is 0 Å². The third-order valence-corrected chi connectivity index (χ3v) is 4.03. The van der Waals surface area contributed by atoms with Gasteiger partial charge in [-0.05, 0) is 44.5 Å². The molecule has 0 aliphatic heterocycles. The van der Waals surface area contributed by atoms with Gasteiger partial charge >= 0.3 is 6.03 Å². The lowest BCUT2D eigenvalue weighted by Crippen LogP contribution is -2.29. The van der Waals surface area contributed by atoms with Crippen molar-refractivity contribution in [2.45, 2.75) is 27.3 Å². The molecule has 140 valence electrons. The Morgan fingerprint density at radius 3 is 2.58 bits per heavy atom. The van der Waals surface area contributed by atoms with Crippen LogP contribution in [0.3, 0.4) is 0 Å². The number of urea groups is 1. The number of H-pyrrole nitrogens is 1. The Bertz CT molecular complexity index is 766. The Balaban J connectivity index is 1.92. The van der Waals surface area contributed by atoms with Crippen LogP contribution >= 0.6 is 0 Å². The molecular weight excluding hydrogens is 334 g/mol. The van der Waals surface area contributed by atoms with Gasteiger partial charge in [-0.3, -0.25) is 9.89 Å². The summed E-state index contributed by atoms with van der Waals surface area (Å²) in [4.78, 5) is 24.2. The van der Waals surface area contributed by atoms with Crippen molar-refractivity contribution in [1.29, 1.82) is 0 Å². The maximum Gasteiger partial charge on any atom is 0.319 e. The number of hydrogen-bond acceptors (Lipinski definition) is 4. The lowest BCUT2D eigenvalue weighted by molar-refractivity contribution is 0.0937. The molecule has 0 spiro atoms. The number of rotatable bonds is 7. The van der Waals surface area contributed by atoms with Gasteiger partial charge in [-0.2, -0.15) is 5.10 Å². The van der Waals surface area contributed by atoms with Gasteiger partial charge in [0.15, 0.2) is 0 Å². The fourth-order valence-corrected chi connectivity index (χ4v) is 2.48. The first-order chi connectivity index (χ1) is 12.4. The number of aryl methyl sites for hydroxylation is 3. The first kappa shape index (κ1) is 19.5. The predicted octanol–water partition coefficient (Wildman–Crippen LogP) is 2.03. The van der Waals surface area contributed by atoms with Gasteiger partial charge in [0.2, 0.25) is 0 Å². The van der Waals surface area contributed by atoms with Gasteiger partial charge in [-0.1, -0.05) is 0 Å². The van der Waals surface area contributed by atoms with E-state index < -0.39 is 0 Å². The fourth-order valence-electron chi connectivity index (χ4n) is 2.48. The lowest BCUT2D eigenvalue weighted by Gasteiger charge is -2.12. The molecule has 2 aromatic rings. The molecule has 0 fully saturated rings. The van der Waals surface area contributed by atoms with E-state index in [1.54, 1.807) is 25.3 Å². The zero-order chi connectivity index (χ0) is 19.1. The van der Waals surface area contributed by atoms with Crippen LogP contribution in [0.25, 0.3) is 0 Å². The molecule has 0 saturated heterocycles. The molecular formula is C18H25N5O3. The normalized spacial score (nSPS) is 10.5. The summed E-state index contributed by atoms with van der Waals surface area (Å²) in [5.41, 5.74) is 4.76. The monoisotopic (exact) mass is 359 g/mol. The summed E-state index contributed by atoms with van der Waals surface area (Å²) in [5, 5.41) is 15.4. The van der Waals surface area contributed by atoms with Crippen LogP contribution < -0.4 is 16.0 Å². The minimum atomic E-state index is -0.314. The van der Waals surface area contributed by atoms with Gasteiger partial charge in [0.25, 0.3) is 5.91 Å². The van der Waals surface area contributed by atoms with Crippen molar-refractivity contribution in [3.8, 4) is 0 Å². The average Bonchev–Trinajstić information content (AvgIpc) is 2.93. The Morgan fingerprint density at radius 1 is 1.19 bits per heavy atom. The standard InChI is InChI=1S/C18H25N5O3/c1-11-9-14(17(24)19-7-8-26-4)5-6-16(11)21-18(25)20-10-15-12(2)22-23-13(15)3/h5-6,9H,7-8,10H2,1-4H3,(H,19,24)(H,22,23)(H2,20,21,25). The molecule has 0 atom stereocenters. The van der Waals surface area contributed by atoms with Crippen molar-refractivity contribution < 1.29 is 14.3 Å². The van der Waals surface area contributed by atoms with Crippen molar-refractivity contribution in [1.82, 2.24) is 20.8 Å². The van der Waals surface area contributed by atoms with Crippen molar-refractivity contribution >= 4 is 17.6 Å². The number of methoxy groups -OCH3 is 1. The largest absolute Gasteiger partial charge is 0.383 e. The van der Waals surface area contributed by atoms with E-state index in [1.165, 1.54) is 0 Å². The zero-order valence-corrected chi connectivity index (χ0v) is 15.5. The average molecular weight is 359 g/mol. The van der Waals surface area contributed by atoms with E-state index in [2.05, 4.69) is 26.1 Å². The Morgan fingerprint density at radius 2 is 1.96 bits per heavy atom. The molecule has 1 aromatic heterocycles. The molecule has 0 aliphatic carbocycles. The van der Waals surface area contributed by atoms with Gasteiger partial charge in [-0.15, -0.1) is 0 Å². The second kappa shape index (κ2) is 9.00. The van der Waals surface area contributed by atoms with E-state index in [0.717, 1.165) is 22.5 Å². The number of carbonyl (C=O) groups is 2. The molecule has 3 amide bonds. The molecule has 26 heavy (non-hydrogen) atoms. The maximum absolute atomic E-state index is 12.1. The highest BCUT2D eigenvalue weighted by Crippen LogP contribution is 2.17. The molecule has 4 N–H and O–H groups in total. The summed E-state index contributed by atoms with van der Waals surface area (Å²) >= 11 is 0. The van der Waals surface area contributed by atoms with E-state index in [0.29, 0.717) is 30.9 Å². The number of aromatic nitrogens is 2. The SMILES string of the molecule is COCCNC(=O)c1ccc(NC(=O)NCc2c(C)n[nH]c2C)c(C)c1. The van der Waals surface area contributed by atoms with Gasteiger partial charge in [0.05, 0.1) is 12.3 Å². The molecule has 1 heterocycles. The lowest BCUT2D eigenvalue weighted by atomic mass is 10.1. The van der Waals surface area contributed by atoms with Gasteiger partial charge in [0, 0.05) is 42.7 Å². The van der Waals surface area contributed by atoms with E-state index >= 15 is 0 Å². The molecule has 0 bridgehead atoms. The van der Waals surface area contributed by atoms with Gasteiger partial charge in [-0.25, -0.2) is 4.79 Å². The molecule has 0 aliphatic rings. The van der Waals surface area contributed by atoms with Gasteiger partial charge < -0.3 is 20.7 Å². The molecule has 2 rings (SSSR count). The number of benzene rings is 1. The van der Waals surface area contributed by atoms with E-state index in [9.17, 15) is 9.59 Å². The number of anilines is 1.